The lowest BCUT2D eigenvalue weighted by molar-refractivity contribution is -0.122. The Morgan fingerprint density at radius 2 is 1.52 bits per heavy atom. The van der Waals surface area contributed by atoms with Crippen LogP contribution in [0.4, 0.5) is 5.69 Å². The van der Waals surface area contributed by atoms with Crippen LogP contribution in [0.15, 0.2) is 138 Å². The minimum atomic E-state index is -0.667. The zero-order valence-electron chi connectivity index (χ0n) is 26.6. The highest BCUT2D eigenvalue weighted by Gasteiger charge is 2.22. The molecular weight excluding hydrogens is 600 g/mol. The van der Waals surface area contributed by atoms with Crippen LogP contribution in [-0.2, 0) is 24.2 Å². The predicted molar refractivity (Wildman–Crippen MR) is 186 cm³/mol. The van der Waals surface area contributed by atoms with E-state index in [0.29, 0.717) is 47.9 Å². The molecule has 0 aliphatic rings. The Kier molecular flexibility index (Phi) is 10.3. The molecule has 2 aromatic heterocycles. The van der Waals surface area contributed by atoms with Gasteiger partial charge in [-0.25, -0.2) is 4.98 Å². The zero-order valence-corrected chi connectivity index (χ0v) is 26.6. The number of anilines is 1. The Hall–Kier alpha value is -6.02. The fourth-order valence-electron chi connectivity index (χ4n) is 5.34. The van der Waals surface area contributed by atoms with Gasteiger partial charge in [-0.3, -0.25) is 14.6 Å². The van der Waals surface area contributed by atoms with Crippen LogP contribution in [0.1, 0.15) is 38.6 Å². The smallest absolute Gasteiger partial charge is 0.243 e. The van der Waals surface area contributed by atoms with E-state index in [-0.39, 0.29) is 18.2 Å². The fraction of sp³-hybridized carbons (Fsp3) is 0.150. The van der Waals surface area contributed by atoms with Crippen molar-refractivity contribution in [2.45, 2.75) is 32.4 Å². The molecule has 0 unspecified atom stereocenters. The first-order valence-corrected chi connectivity index (χ1v) is 15.9. The Morgan fingerprint density at radius 3 is 2.27 bits per heavy atom. The maximum Gasteiger partial charge on any atom is 0.243 e. The number of nitrogens with zero attached hydrogens (tertiary/aromatic N) is 2. The lowest BCUT2D eigenvalue weighted by Gasteiger charge is -2.21. The number of para-hydroxylation sites is 1. The van der Waals surface area contributed by atoms with Crippen LogP contribution in [0.25, 0.3) is 11.5 Å². The number of hydrogen-bond donors (Lipinski definition) is 2. The van der Waals surface area contributed by atoms with Crippen LogP contribution < -0.4 is 15.4 Å². The Balaban J connectivity index is 1.13. The number of rotatable bonds is 14. The fourth-order valence-corrected chi connectivity index (χ4v) is 5.34. The van der Waals surface area contributed by atoms with E-state index in [2.05, 4.69) is 20.6 Å². The van der Waals surface area contributed by atoms with Gasteiger partial charge in [-0.05, 0) is 61.0 Å². The van der Waals surface area contributed by atoms with Crippen molar-refractivity contribution in [3.05, 3.63) is 167 Å². The highest BCUT2D eigenvalue weighted by atomic mass is 16.5. The summed E-state index contributed by atoms with van der Waals surface area (Å²) < 4.78 is 11.9. The van der Waals surface area contributed by atoms with Crippen molar-refractivity contribution in [3.8, 4) is 17.2 Å². The number of benzene rings is 4. The van der Waals surface area contributed by atoms with Crippen molar-refractivity contribution in [2.24, 2.45) is 0 Å². The van der Waals surface area contributed by atoms with Crippen LogP contribution >= 0.6 is 0 Å². The van der Waals surface area contributed by atoms with Gasteiger partial charge in [0, 0.05) is 41.4 Å². The monoisotopic (exact) mass is 636 g/mol. The first-order chi connectivity index (χ1) is 23.5. The number of pyridine rings is 1. The quantitative estimate of drug-likeness (QED) is 0.121. The van der Waals surface area contributed by atoms with E-state index in [1.807, 2.05) is 116 Å². The molecule has 8 heteroatoms. The molecule has 2 N–H and O–H groups in total. The molecule has 0 saturated heterocycles. The van der Waals surface area contributed by atoms with Gasteiger partial charge in [-0.15, -0.1) is 0 Å². The maximum absolute atomic E-state index is 13.6. The first kappa shape index (κ1) is 31.9. The number of aromatic nitrogens is 2. The standard InChI is InChI=1S/C40H36N4O4/c1-28-35(44-40(48-28)31-14-6-3-7-15-31)23-25-47-33-21-19-29(20-22-33)26-37(39(46)42-27-32-16-10-11-24-41-32)43-36-18-9-8-17-34(36)38(45)30-12-4-2-5-13-30/h2-22,24,37,43H,23,25-27H2,1H3,(H,42,46)/t37-/m0/s1. The summed E-state index contributed by atoms with van der Waals surface area (Å²) in [6, 6.07) is 38.8. The van der Waals surface area contributed by atoms with E-state index in [4.69, 9.17) is 9.15 Å². The van der Waals surface area contributed by atoms with Crippen molar-refractivity contribution in [2.75, 3.05) is 11.9 Å². The highest BCUT2D eigenvalue weighted by Crippen LogP contribution is 2.24. The Labute approximate surface area is 279 Å². The van der Waals surface area contributed by atoms with Crippen LogP contribution in [0, 0.1) is 6.92 Å². The van der Waals surface area contributed by atoms with Gasteiger partial charge in [0.15, 0.2) is 5.78 Å². The van der Waals surface area contributed by atoms with Crippen LogP contribution in [0.3, 0.4) is 0 Å². The molecule has 48 heavy (non-hydrogen) atoms. The molecule has 240 valence electrons. The van der Waals surface area contributed by atoms with Crippen molar-refractivity contribution < 1.29 is 18.7 Å². The SMILES string of the molecule is Cc1oc(-c2ccccc2)nc1CCOc1ccc(C[C@H](Nc2ccccc2C(=O)c2ccccc2)C(=O)NCc2ccccn2)cc1. The third-order valence-corrected chi connectivity index (χ3v) is 7.91. The summed E-state index contributed by atoms with van der Waals surface area (Å²) in [5.41, 5.74) is 5.14. The van der Waals surface area contributed by atoms with Gasteiger partial charge in [0.2, 0.25) is 11.8 Å². The van der Waals surface area contributed by atoms with Gasteiger partial charge >= 0.3 is 0 Å². The average molecular weight is 637 g/mol. The lowest BCUT2D eigenvalue weighted by atomic mass is 10.00. The molecule has 0 bridgehead atoms. The van der Waals surface area contributed by atoms with E-state index in [9.17, 15) is 9.59 Å². The second kappa shape index (κ2) is 15.5. The first-order valence-electron chi connectivity index (χ1n) is 15.9. The van der Waals surface area contributed by atoms with E-state index < -0.39 is 6.04 Å². The van der Waals surface area contributed by atoms with E-state index in [1.165, 1.54) is 0 Å². The number of amides is 1. The van der Waals surface area contributed by atoms with Crippen molar-refractivity contribution in [1.29, 1.82) is 0 Å². The number of oxazole rings is 1. The molecule has 0 fully saturated rings. The zero-order chi connectivity index (χ0) is 33.1. The Bertz CT molecular complexity index is 1940. The number of aryl methyl sites for hydroxylation is 1. The summed E-state index contributed by atoms with van der Waals surface area (Å²) in [4.78, 5) is 36.0. The molecule has 0 aliphatic carbocycles. The van der Waals surface area contributed by atoms with Crippen LogP contribution in [0.5, 0.6) is 5.75 Å². The molecule has 0 spiro atoms. The number of carbonyl (C=O) groups excluding carboxylic acids is 2. The molecule has 8 nitrogen and oxygen atoms in total. The van der Waals surface area contributed by atoms with Gasteiger partial charge in [-0.1, -0.05) is 78.9 Å². The second-order valence-corrected chi connectivity index (χ2v) is 11.3. The number of nitrogens with one attached hydrogen (secondary N) is 2. The van der Waals surface area contributed by atoms with Crippen molar-refractivity contribution in [3.63, 3.8) is 0 Å². The highest BCUT2D eigenvalue weighted by molar-refractivity contribution is 6.12. The summed E-state index contributed by atoms with van der Waals surface area (Å²) in [5.74, 6) is 1.77. The van der Waals surface area contributed by atoms with Gasteiger partial charge < -0.3 is 19.8 Å². The summed E-state index contributed by atoms with van der Waals surface area (Å²) >= 11 is 0. The molecule has 1 amide bonds. The molecule has 0 saturated carbocycles. The molecule has 1 atom stereocenters. The normalized spacial score (nSPS) is 11.4. The summed E-state index contributed by atoms with van der Waals surface area (Å²) in [7, 11) is 0. The Morgan fingerprint density at radius 1 is 0.812 bits per heavy atom. The second-order valence-electron chi connectivity index (χ2n) is 11.3. The van der Waals surface area contributed by atoms with E-state index in [0.717, 1.165) is 28.3 Å². The van der Waals surface area contributed by atoms with Gasteiger partial charge in [0.05, 0.1) is 24.5 Å². The lowest BCUT2D eigenvalue weighted by Crippen LogP contribution is -2.41. The maximum atomic E-state index is 13.6. The minimum absolute atomic E-state index is 0.120. The van der Waals surface area contributed by atoms with Gasteiger partial charge in [0.1, 0.15) is 17.6 Å². The van der Waals surface area contributed by atoms with E-state index >= 15 is 0 Å². The largest absolute Gasteiger partial charge is 0.493 e. The van der Waals surface area contributed by atoms with Gasteiger partial charge in [0.25, 0.3) is 0 Å². The molecule has 2 heterocycles. The van der Waals surface area contributed by atoms with Crippen LogP contribution in [0.2, 0.25) is 0 Å². The molecule has 0 aliphatic heterocycles. The summed E-state index contributed by atoms with van der Waals surface area (Å²) in [6.07, 6.45) is 2.68. The third kappa shape index (κ3) is 8.22. The number of ether oxygens (including phenoxy) is 1. The van der Waals surface area contributed by atoms with Gasteiger partial charge in [-0.2, -0.15) is 0 Å². The number of ketones is 1. The molecule has 6 aromatic rings. The predicted octanol–water partition coefficient (Wildman–Crippen LogP) is 7.24. The average Bonchev–Trinajstić information content (AvgIpc) is 3.52. The summed E-state index contributed by atoms with van der Waals surface area (Å²) in [5, 5.41) is 6.37. The minimum Gasteiger partial charge on any atom is -0.493 e. The van der Waals surface area contributed by atoms with E-state index in [1.54, 1.807) is 24.4 Å². The molecular formula is C40H36N4O4. The number of hydrogen-bond acceptors (Lipinski definition) is 7. The molecule has 0 radical (unpaired) electrons. The molecule has 6 rings (SSSR count). The topological polar surface area (TPSA) is 106 Å². The third-order valence-electron chi connectivity index (χ3n) is 7.91. The molecule has 4 aromatic carbocycles. The summed E-state index contributed by atoms with van der Waals surface area (Å²) in [6.45, 7) is 2.64. The van der Waals surface area contributed by atoms with Crippen LogP contribution in [-0.4, -0.2) is 34.3 Å². The number of carbonyl (C=O) groups is 2. The van der Waals surface area contributed by atoms with Crippen molar-refractivity contribution in [1.82, 2.24) is 15.3 Å². The van der Waals surface area contributed by atoms with Crippen molar-refractivity contribution >= 4 is 17.4 Å².